The summed E-state index contributed by atoms with van der Waals surface area (Å²) in [6, 6.07) is 3.63. The van der Waals surface area contributed by atoms with Crippen molar-refractivity contribution in [3.8, 4) is 0 Å². The minimum Gasteiger partial charge on any atom is -0.371 e. The van der Waals surface area contributed by atoms with Gasteiger partial charge in [-0.05, 0) is 51.5 Å². The van der Waals surface area contributed by atoms with Crippen molar-refractivity contribution in [2.24, 2.45) is 5.92 Å². The summed E-state index contributed by atoms with van der Waals surface area (Å²) in [6.07, 6.45) is 7.51. The molecule has 2 aliphatic carbocycles. The van der Waals surface area contributed by atoms with Gasteiger partial charge in [0.1, 0.15) is 0 Å². The molecular weight excluding hydrogens is 234 g/mol. The number of nitrogens with zero attached hydrogens (tertiary/aromatic N) is 2. The first kappa shape index (κ1) is 12.9. The fraction of sp³-hybridized carbons (Fsp3) is 0.688. The first-order chi connectivity index (χ1) is 9.15. The minimum atomic E-state index is 0.640. The van der Waals surface area contributed by atoms with Crippen LogP contribution in [0.15, 0.2) is 12.3 Å². The van der Waals surface area contributed by atoms with Gasteiger partial charge in [0.25, 0.3) is 0 Å². The van der Waals surface area contributed by atoms with Gasteiger partial charge in [0.15, 0.2) is 0 Å². The lowest BCUT2D eigenvalue weighted by molar-refractivity contribution is 0.603. The molecule has 1 aromatic rings. The maximum Gasteiger partial charge on any atom is 0.0445 e. The van der Waals surface area contributed by atoms with Crippen LogP contribution >= 0.6 is 0 Å². The highest BCUT2D eigenvalue weighted by atomic mass is 15.1. The predicted molar refractivity (Wildman–Crippen MR) is 79.4 cm³/mol. The summed E-state index contributed by atoms with van der Waals surface area (Å²) in [5.74, 6) is 0.891. The Morgan fingerprint density at radius 2 is 2.11 bits per heavy atom. The molecule has 0 saturated heterocycles. The van der Waals surface area contributed by atoms with Crippen molar-refractivity contribution < 1.29 is 0 Å². The third kappa shape index (κ3) is 3.08. The molecule has 2 saturated carbocycles. The second-order valence-corrected chi connectivity index (χ2v) is 6.30. The highest BCUT2D eigenvalue weighted by Gasteiger charge is 2.31. The fourth-order valence-corrected chi connectivity index (χ4v) is 2.69. The Labute approximate surface area is 116 Å². The van der Waals surface area contributed by atoms with E-state index in [2.05, 4.69) is 48.4 Å². The molecule has 0 spiro atoms. The van der Waals surface area contributed by atoms with Crippen LogP contribution in [-0.2, 0) is 6.54 Å². The largest absolute Gasteiger partial charge is 0.371 e. The molecule has 0 aliphatic heterocycles. The quantitative estimate of drug-likeness (QED) is 0.851. The minimum absolute atomic E-state index is 0.640. The van der Waals surface area contributed by atoms with E-state index in [0.29, 0.717) is 6.04 Å². The van der Waals surface area contributed by atoms with Gasteiger partial charge in [0, 0.05) is 48.8 Å². The van der Waals surface area contributed by atoms with Crippen LogP contribution in [0, 0.1) is 12.8 Å². The van der Waals surface area contributed by atoms with Crippen LogP contribution in [0.1, 0.15) is 43.9 Å². The standard InChI is InChI=1S/C16H25N3/c1-11-8-16(19(3)12(2)13-4-5-13)14(9-17-11)10-18-15-6-7-15/h8-9,12-13,15,18H,4-7,10H2,1-3H3. The van der Waals surface area contributed by atoms with Crippen LogP contribution in [-0.4, -0.2) is 24.1 Å². The molecule has 1 atom stereocenters. The lowest BCUT2D eigenvalue weighted by Crippen LogP contribution is -2.32. The Morgan fingerprint density at radius 3 is 2.74 bits per heavy atom. The van der Waals surface area contributed by atoms with Crippen LogP contribution < -0.4 is 10.2 Å². The molecule has 3 heteroatoms. The Kier molecular flexibility index (Phi) is 3.48. The molecule has 2 fully saturated rings. The van der Waals surface area contributed by atoms with Crippen LogP contribution in [0.3, 0.4) is 0 Å². The molecule has 1 unspecified atom stereocenters. The van der Waals surface area contributed by atoms with E-state index in [1.807, 2.05) is 0 Å². The van der Waals surface area contributed by atoms with Crippen molar-refractivity contribution in [1.82, 2.24) is 10.3 Å². The molecule has 1 aromatic heterocycles. The van der Waals surface area contributed by atoms with Crippen molar-refractivity contribution in [2.75, 3.05) is 11.9 Å². The zero-order valence-electron chi connectivity index (χ0n) is 12.3. The maximum absolute atomic E-state index is 4.47. The SMILES string of the molecule is Cc1cc(N(C)C(C)C2CC2)c(CNC2CC2)cn1. The number of hydrogen-bond donors (Lipinski definition) is 1. The number of nitrogens with one attached hydrogen (secondary N) is 1. The Balaban J connectivity index is 1.77. The van der Waals surface area contributed by atoms with E-state index in [9.17, 15) is 0 Å². The first-order valence-corrected chi connectivity index (χ1v) is 7.57. The zero-order chi connectivity index (χ0) is 13.4. The first-order valence-electron chi connectivity index (χ1n) is 7.57. The molecule has 3 rings (SSSR count). The highest BCUT2D eigenvalue weighted by molar-refractivity contribution is 5.54. The van der Waals surface area contributed by atoms with E-state index in [1.165, 1.54) is 36.9 Å². The van der Waals surface area contributed by atoms with Gasteiger partial charge in [-0.15, -0.1) is 0 Å². The van der Waals surface area contributed by atoms with E-state index in [1.54, 1.807) is 0 Å². The Hall–Kier alpha value is -1.09. The predicted octanol–water partition coefficient (Wildman–Crippen LogP) is 2.88. The molecule has 3 nitrogen and oxygen atoms in total. The Morgan fingerprint density at radius 1 is 1.37 bits per heavy atom. The van der Waals surface area contributed by atoms with Crippen LogP contribution in [0.2, 0.25) is 0 Å². The smallest absolute Gasteiger partial charge is 0.0445 e. The summed E-state index contributed by atoms with van der Waals surface area (Å²) in [7, 11) is 2.23. The van der Waals surface area contributed by atoms with Crippen molar-refractivity contribution in [1.29, 1.82) is 0 Å². The average molecular weight is 259 g/mol. The lowest BCUT2D eigenvalue weighted by Gasteiger charge is -2.29. The van der Waals surface area contributed by atoms with Gasteiger partial charge in [0.05, 0.1) is 0 Å². The van der Waals surface area contributed by atoms with Gasteiger partial charge in [-0.2, -0.15) is 0 Å². The molecule has 19 heavy (non-hydrogen) atoms. The van der Waals surface area contributed by atoms with E-state index in [-0.39, 0.29) is 0 Å². The number of aromatic nitrogens is 1. The van der Waals surface area contributed by atoms with Gasteiger partial charge >= 0.3 is 0 Å². The van der Waals surface area contributed by atoms with Crippen molar-refractivity contribution in [3.05, 3.63) is 23.5 Å². The van der Waals surface area contributed by atoms with Gasteiger partial charge in [0.2, 0.25) is 0 Å². The summed E-state index contributed by atoms with van der Waals surface area (Å²) in [6.45, 7) is 5.39. The summed E-state index contributed by atoms with van der Waals surface area (Å²) >= 11 is 0. The lowest BCUT2D eigenvalue weighted by atomic mass is 10.1. The summed E-state index contributed by atoms with van der Waals surface area (Å²) in [4.78, 5) is 6.93. The molecule has 1 N–H and O–H groups in total. The second-order valence-electron chi connectivity index (χ2n) is 6.30. The highest BCUT2D eigenvalue weighted by Crippen LogP contribution is 2.37. The van der Waals surface area contributed by atoms with Crippen LogP contribution in [0.4, 0.5) is 5.69 Å². The molecule has 0 bridgehead atoms. The van der Waals surface area contributed by atoms with E-state index >= 15 is 0 Å². The molecular formula is C16H25N3. The summed E-state index contributed by atoms with van der Waals surface area (Å²) < 4.78 is 0. The number of anilines is 1. The number of hydrogen-bond acceptors (Lipinski definition) is 3. The number of rotatable bonds is 6. The second kappa shape index (κ2) is 5.12. The van der Waals surface area contributed by atoms with E-state index < -0.39 is 0 Å². The van der Waals surface area contributed by atoms with Gasteiger partial charge in [-0.1, -0.05) is 0 Å². The molecule has 0 radical (unpaired) electrons. The topological polar surface area (TPSA) is 28.2 Å². The van der Waals surface area contributed by atoms with Crippen molar-refractivity contribution in [3.63, 3.8) is 0 Å². The number of aryl methyl sites for hydroxylation is 1. The van der Waals surface area contributed by atoms with Crippen molar-refractivity contribution in [2.45, 2.75) is 58.2 Å². The van der Waals surface area contributed by atoms with Gasteiger partial charge in [-0.25, -0.2) is 0 Å². The van der Waals surface area contributed by atoms with Crippen molar-refractivity contribution >= 4 is 5.69 Å². The van der Waals surface area contributed by atoms with Crippen LogP contribution in [0.5, 0.6) is 0 Å². The van der Waals surface area contributed by atoms with Gasteiger partial charge < -0.3 is 10.2 Å². The zero-order valence-corrected chi connectivity index (χ0v) is 12.3. The monoisotopic (exact) mass is 259 g/mol. The van der Waals surface area contributed by atoms with Gasteiger partial charge in [-0.3, -0.25) is 4.98 Å². The fourth-order valence-electron chi connectivity index (χ4n) is 2.69. The average Bonchev–Trinajstić information content (AvgIpc) is 3.28. The van der Waals surface area contributed by atoms with E-state index in [4.69, 9.17) is 0 Å². The molecule has 0 amide bonds. The molecule has 2 aliphatic rings. The number of pyridine rings is 1. The van der Waals surface area contributed by atoms with E-state index in [0.717, 1.165) is 24.2 Å². The Bertz CT molecular complexity index is 449. The normalized spacial score (nSPS) is 20.4. The molecule has 104 valence electrons. The third-order valence-electron chi connectivity index (χ3n) is 4.55. The molecule has 1 heterocycles. The van der Waals surface area contributed by atoms with Crippen LogP contribution in [0.25, 0.3) is 0 Å². The summed E-state index contributed by atoms with van der Waals surface area (Å²) in [5.41, 5.74) is 3.81. The third-order valence-corrected chi connectivity index (χ3v) is 4.55. The maximum atomic E-state index is 4.47. The summed E-state index contributed by atoms with van der Waals surface area (Å²) in [5, 5.41) is 3.60. The molecule has 0 aromatic carbocycles.